The number of aromatic nitrogens is 3. The van der Waals surface area contributed by atoms with Gasteiger partial charge in [0.1, 0.15) is 18.2 Å². The molecule has 3 aromatic rings. The van der Waals surface area contributed by atoms with Crippen LogP contribution in [0.2, 0.25) is 0 Å². The lowest BCUT2D eigenvalue weighted by molar-refractivity contribution is 0.0965. The Bertz CT molecular complexity index is 1050. The highest BCUT2D eigenvalue weighted by Crippen LogP contribution is 2.63. The zero-order chi connectivity index (χ0) is 20.2. The second-order valence-electron chi connectivity index (χ2n) is 8.53. The van der Waals surface area contributed by atoms with Crippen LogP contribution < -0.4 is 9.80 Å². The van der Waals surface area contributed by atoms with Gasteiger partial charge in [-0.05, 0) is 36.6 Å². The first-order valence-electron chi connectivity index (χ1n) is 10.4. The number of hydrogen-bond acceptors (Lipinski definition) is 5. The maximum Gasteiger partial charge on any atom is 0.162 e. The molecule has 29 heavy (non-hydrogen) atoms. The van der Waals surface area contributed by atoms with Gasteiger partial charge >= 0.3 is 0 Å². The van der Waals surface area contributed by atoms with E-state index in [9.17, 15) is 0 Å². The Balaban J connectivity index is 1.86. The second kappa shape index (κ2) is 6.28. The van der Waals surface area contributed by atoms with E-state index < -0.39 is 0 Å². The molecule has 0 fully saturated rings. The van der Waals surface area contributed by atoms with Crippen LogP contribution in [0.4, 0.5) is 22.9 Å². The lowest BCUT2D eigenvalue weighted by Crippen LogP contribution is -2.62. The second-order valence-corrected chi connectivity index (χ2v) is 8.53. The van der Waals surface area contributed by atoms with Crippen molar-refractivity contribution >= 4 is 22.9 Å². The molecule has 0 N–H and O–H groups in total. The normalized spacial score (nSPS) is 27.4. The van der Waals surface area contributed by atoms with Gasteiger partial charge in [0.25, 0.3) is 0 Å². The topological polar surface area (TPSA) is 45.2 Å². The fraction of sp³-hybridized carbons (Fsp3) is 0.375. The summed E-state index contributed by atoms with van der Waals surface area (Å²) in [7, 11) is 0. The van der Waals surface area contributed by atoms with Crippen molar-refractivity contribution in [2.24, 2.45) is 5.41 Å². The summed E-state index contributed by atoms with van der Waals surface area (Å²) in [6, 6.07) is 13.0. The first-order valence-corrected chi connectivity index (χ1v) is 10.4. The van der Waals surface area contributed by atoms with E-state index in [4.69, 9.17) is 4.98 Å². The van der Waals surface area contributed by atoms with Crippen LogP contribution in [-0.2, 0) is 5.41 Å². The molecule has 0 spiro atoms. The third kappa shape index (κ3) is 2.18. The summed E-state index contributed by atoms with van der Waals surface area (Å²) >= 11 is 0. The molecule has 1 aromatic carbocycles. The van der Waals surface area contributed by atoms with Gasteiger partial charge in [0.05, 0.1) is 18.1 Å². The van der Waals surface area contributed by atoms with Crippen molar-refractivity contribution in [1.82, 2.24) is 15.0 Å². The van der Waals surface area contributed by atoms with Crippen LogP contribution in [0.25, 0.3) is 0 Å². The Labute approximate surface area is 172 Å². The van der Waals surface area contributed by atoms with Crippen molar-refractivity contribution in [1.29, 1.82) is 0 Å². The van der Waals surface area contributed by atoms with Gasteiger partial charge in [-0.25, -0.2) is 9.97 Å². The molecule has 5 rings (SSSR count). The fourth-order valence-electron chi connectivity index (χ4n) is 5.54. The van der Waals surface area contributed by atoms with Crippen molar-refractivity contribution < 1.29 is 0 Å². The van der Waals surface area contributed by atoms with E-state index in [1.807, 2.05) is 24.7 Å². The van der Waals surface area contributed by atoms with Crippen molar-refractivity contribution in [2.75, 3.05) is 9.80 Å². The van der Waals surface area contributed by atoms with E-state index in [2.05, 4.69) is 77.8 Å². The molecule has 2 aliphatic rings. The van der Waals surface area contributed by atoms with Gasteiger partial charge in [0.15, 0.2) is 5.82 Å². The number of fused-ring (bicyclic) bond motifs is 5. The van der Waals surface area contributed by atoms with Gasteiger partial charge < -0.3 is 9.80 Å². The summed E-state index contributed by atoms with van der Waals surface area (Å²) < 4.78 is 0. The maximum atomic E-state index is 4.73. The van der Waals surface area contributed by atoms with E-state index in [1.54, 1.807) is 6.33 Å². The molecule has 4 heterocycles. The number of pyridine rings is 1. The van der Waals surface area contributed by atoms with Crippen molar-refractivity contribution in [3.8, 4) is 0 Å². The minimum Gasteiger partial charge on any atom is -0.315 e. The van der Waals surface area contributed by atoms with Gasteiger partial charge in [-0.15, -0.1) is 0 Å². The SMILES string of the molecule is CCC1(C)c2ccccc2N2c3cncnc3N(c3cccnc3)C2C1(C)CC. The zero-order valence-corrected chi connectivity index (χ0v) is 17.5. The molecule has 0 aliphatic carbocycles. The Morgan fingerprint density at radius 1 is 0.897 bits per heavy atom. The van der Waals surface area contributed by atoms with Gasteiger partial charge in [-0.2, -0.15) is 0 Å². The molecule has 5 nitrogen and oxygen atoms in total. The summed E-state index contributed by atoms with van der Waals surface area (Å²) in [6.45, 7) is 9.50. The summed E-state index contributed by atoms with van der Waals surface area (Å²) in [5.74, 6) is 0.952. The monoisotopic (exact) mass is 385 g/mol. The first-order chi connectivity index (χ1) is 14.1. The minimum absolute atomic E-state index is 0.0212. The van der Waals surface area contributed by atoms with Crippen LogP contribution >= 0.6 is 0 Å². The summed E-state index contributed by atoms with van der Waals surface area (Å²) in [5, 5.41) is 0. The predicted octanol–water partition coefficient (Wildman–Crippen LogP) is 5.59. The molecule has 3 atom stereocenters. The van der Waals surface area contributed by atoms with Gasteiger partial charge in [0, 0.05) is 22.7 Å². The van der Waals surface area contributed by atoms with Crippen LogP contribution in [0.15, 0.2) is 61.3 Å². The molecule has 0 amide bonds. The fourth-order valence-corrected chi connectivity index (χ4v) is 5.54. The van der Waals surface area contributed by atoms with Crippen LogP contribution in [0.1, 0.15) is 46.1 Å². The summed E-state index contributed by atoms with van der Waals surface area (Å²) in [5.41, 5.74) is 4.80. The molecule has 5 heteroatoms. The van der Waals surface area contributed by atoms with E-state index >= 15 is 0 Å². The average molecular weight is 386 g/mol. The average Bonchev–Trinajstić information content (AvgIpc) is 3.14. The molecule has 2 aromatic heterocycles. The minimum atomic E-state index is -0.0212. The highest BCUT2D eigenvalue weighted by Gasteiger charge is 2.60. The highest BCUT2D eigenvalue weighted by atomic mass is 15.5. The lowest BCUT2D eigenvalue weighted by atomic mass is 9.55. The Morgan fingerprint density at radius 3 is 2.45 bits per heavy atom. The van der Waals surface area contributed by atoms with E-state index in [-0.39, 0.29) is 17.0 Å². The number of para-hydroxylation sites is 1. The Morgan fingerprint density at radius 2 is 1.72 bits per heavy atom. The molecular formula is C24H27N5. The summed E-state index contributed by atoms with van der Waals surface area (Å²) in [4.78, 5) is 18.4. The Kier molecular flexibility index (Phi) is 3.92. The van der Waals surface area contributed by atoms with Gasteiger partial charge in [0.2, 0.25) is 0 Å². The quantitative estimate of drug-likeness (QED) is 0.588. The smallest absolute Gasteiger partial charge is 0.162 e. The number of anilines is 4. The molecule has 148 valence electrons. The number of nitrogens with zero attached hydrogens (tertiary/aromatic N) is 5. The molecule has 0 radical (unpaired) electrons. The predicted molar refractivity (Wildman–Crippen MR) is 117 cm³/mol. The largest absolute Gasteiger partial charge is 0.315 e. The number of hydrogen-bond donors (Lipinski definition) is 0. The Hall–Kier alpha value is -2.95. The number of rotatable bonds is 3. The van der Waals surface area contributed by atoms with E-state index in [1.165, 1.54) is 11.3 Å². The van der Waals surface area contributed by atoms with Gasteiger partial charge in [-0.3, -0.25) is 4.98 Å². The molecule has 2 aliphatic heterocycles. The van der Waals surface area contributed by atoms with Crippen molar-refractivity contribution in [3.05, 3.63) is 66.9 Å². The van der Waals surface area contributed by atoms with E-state index in [0.29, 0.717) is 0 Å². The van der Waals surface area contributed by atoms with Crippen LogP contribution in [0.3, 0.4) is 0 Å². The lowest BCUT2D eigenvalue weighted by Gasteiger charge is -2.58. The zero-order valence-electron chi connectivity index (χ0n) is 17.5. The van der Waals surface area contributed by atoms with Crippen molar-refractivity contribution in [2.45, 2.75) is 52.1 Å². The van der Waals surface area contributed by atoms with Crippen molar-refractivity contribution in [3.63, 3.8) is 0 Å². The van der Waals surface area contributed by atoms with Crippen LogP contribution in [0, 0.1) is 5.41 Å². The third-order valence-corrected chi connectivity index (χ3v) is 7.60. The standard InChI is InChI=1S/C24H27N5/c1-5-23(3)18-11-7-8-12-19(18)29-20-15-26-16-27-21(20)28(17-10-9-13-25-14-17)22(29)24(23,4)6-2/h7-16,22H,5-6H2,1-4H3. The summed E-state index contributed by atoms with van der Waals surface area (Å²) in [6.07, 6.45) is 9.58. The third-order valence-electron chi connectivity index (χ3n) is 7.60. The molecule has 0 saturated carbocycles. The maximum absolute atomic E-state index is 4.73. The van der Waals surface area contributed by atoms with Crippen LogP contribution in [0.5, 0.6) is 0 Å². The first kappa shape index (κ1) is 18.1. The van der Waals surface area contributed by atoms with Crippen LogP contribution in [-0.4, -0.2) is 21.1 Å². The highest BCUT2D eigenvalue weighted by molar-refractivity contribution is 5.88. The van der Waals surface area contributed by atoms with Gasteiger partial charge in [-0.1, -0.05) is 45.9 Å². The number of benzene rings is 1. The molecule has 0 bridgehead atoms. The van der Waals surface area contributed by atoms with E-state index in [0.717, 1.165) is 30.0 Å². The molecule has 3 unspecified atom stereocenters. The molecular weight excluding hydrogens is 358 g/mol. The molecule has 0 saturated heterocycles.